The molecule has 0 radical (unpaired) electrons. The smallest absolute Gasteiger partial charge is 0.197 e. The van der Waals surface area contributed by atoms with Gasteiger partial charge in [-0.25, -0.2) is 9.37 Å². The summed E-state index contributed by atoms with van der Waals surface area (Å²) in [5.74, 6) is -1.10. The number of allylic oxidation sites excluding steroid dienone is 3. The molecule has 1 atom stereocenters. The minimum atomic E-state index is -0.855. The van der Waals surface area contributed by atoms with E-state index < -0.39 is 17.7 Å². The minimum Gasteiger partial charge on any atom is -0.389 e. The summed E-state index contributed by atoms with van der Waals surface area (Å²) in [5.41, 5.74) is 2.35. The van der Waals surface area contributed by atoms with Crippen LogP contribution in [0.2, 0.25) is 0 Å². The van der Waals surface area contributed by atoms with Crippen LogP contribution in [-0.2, 0) is 0 Å². The largest absolute Gasteiger partial charge is 0.389 e. The molecule has 0 aromatic carbocycles. The highest BCUT2D eigenvalue weighted by Gasteiger charge is 2.24. The van der Waals surface area contributed by atoms with Crippen LogP contribution in [0.4, 0.5) is 4.39 Å². The predicted octanol–water partition coefficient (Wildman–Crippen LogP) is 3.35. The first kappa shape index (κ1) is 16.0. The Balaban J connectivity index is 2.08. The van der Waals surface area contributed by atoms with E-state index in [-0.39, 0.29) is 12.0 Å². The fraction of sp³-hybridized carbons (Fsp3) is 0.167. The second-order valence-corrected chi connectivity index (χ2v) is 5.58. The molecule has 2 aromatic rings. The zero-order valence-corrected chi connectivity index (χ0v) is 13.1. The van der Waals surface area contributed by atoms with Crippen molar-refractivity contribution < 1.29 is 14.3 Å². The molecule has 0 aliphatic heterocycles. The van der Waals surface area contributed by atoms with Crippen molar-refractivity contribution in [2.45, 2.75) is 19.4 Å². The maximum absolute atomic E-state index is 14.0. The first-order chi connectivity index (χ1) is 11.5. The average molecular weight is 325 g/mol. The highest BCUT2D eigenvalue weighted by atomic mass is 19.1. The highest BCUT2D eigenvalue weighted by molar-refractivity contribution is 6.17. The molecule has 2 heterocycles. The summed E-state index contributed by atoms with van der Waals surface area (Å²) in [6.45, 7) is 5.27. The number of aliphatic hydroxyl groups excluding tert-OH is 1. The summed E-state index contributed by atoms with van der Waals surface area (Å²) < 4.78 is 14.0. The van der Waals surface area contributed by atoms with Gasteiger partial charge in [0, 0.05) is 29.5 Å². The van der Waals surface area contributed by atoms with Gasteiger partial charge in [-0.05, 0) is 49.4 Å². The van der Waals surface area contributed by atoms with Crippen LogP contribution in [0.1, 0.15) is 29.3 Å². The summed E-state index contributed by atoms with van der Waals surface area (Å²) in [5, 5.41) is 10.2. The number of carbonyl (C=O) groups is 1. The molecule has 2 aromatic heterocycles. The molecular formula is C18H16FN3O2. The van der Waals surface area contributed by atoms with Crippen molar-refractivity contribution in [3.63, 3.8) is 0 Å². The molecule has 2 N–H and O–H groups in total. The number of hydrogen-bond acceptors (Lipinski definition) is 4. The van der Waals surface area contributed by atoms with Crippen LogP contribution >= 0.6 is 0 Å². The van der Waals surface area contributed by atoms with Crippen molar-refractivity contribution in [2.24, 2.45) is 4.99 Å². The van der Waals surface area contributed by atoms with E-state index in [4.69, 9.17) is 0 Å². The third-order valence-electron chi connectivity index (χ3n) is 3.92. The Labute approximate surface area is 137 Å². The van der Waals surface area contributed by atoms with Crippen molar-refractivity contribution in [3.05, 3.63) is 59.3 Å². The number of fused-ring (bicyclic) bond motifs is 1. The molecule has 1 aliphatic carbocycles. The third-order valence-corrected chi connectivity index (χ3v) is 3.92. The van der Waals surface area contributed by atoms with E-state index in [1.807, 2.05) is 6.92 Å². The van der Waals surface area contributed by atoms with Crippen LogP contribution in [-0.4, -0.2) is 33.7 Å². The number of ketones is 1. The lowest BCUT2D eigenvalue weighted by molar-refractivity contribution is 0.103. The third kappa shape index (κ3) is 2.83. The van der Waals surface area contributed by atoms with Gasteiger partial charge in [-0.1, -0.05) is 0 Å². The molecule has 0 bridgehead atoms. The van der Waals surface area contributed by atoms with Crippen molar-refractivity contribution in [1.29, 1.82) is 0 Å². The second-order valence-electron chi connectivity index (χ2n) is 5.58. The number of halogens is 1. The molecular weight excluding hydrogens is 309 g/mol. The Bertz CT molecular complexity index is 921. The SMILES string of the molecule is C=N/C=C(\C)c1cnc2[nH]cc(C(=O)C3=CC(O)CC=C3F)c2c1. The zero-order chi connectivity index (χ0) is 17.3. The molecule has 24 heavy (non-hydrogen) atoms. The molecule has 0 fully saturated rings. The Morgan fingerprint density at radius 3 is 3.12 bits per heavy atom. The number of aromatic amines is 1. The summed E-state index contributed by atoms with van der Waals surface area (Å²) in [4.78, 5) is 23.6. The number of aliphatic hydroxyl groups is 1. The average Bonchev–Trinajstić information content (AvgIpc) is 2.99. The lowest BCUT2D eigenvalue weighted by atomic mass is 9.95. The van der Waals surface area contributed by atoms with Gasteiger partial charge in [-0.2, -0.15) is 0 Å². The van der Waals surface area contributed by atoms with E-state index in [9.17, 15) is 14.3 Å². The van der Waals surface area contributed by atoms with Gasteiger partial charge < -0.3 is 10.1 Å². The Kier molecular flexibility index (Phi) is 4.22. The molecule has 0 amide bonds. The van der Waals surface area contributed by atoms with Crippen molar-refractivity contribution >= 4 is 29.1 Å². The first-order valence-corrected chi connectivity index (χ1v) is 7.42. The number of rotatable bonds is 4. The quantitative estimate of drug-likeness (QED) is 0.668. The van der Waals surface area contributed by atoms with E-state index >= 15 is 0 Å². The monoisotopic (exact) mass is 325 g/mol. The summed E-state index contributed by atoms with van der Waals surface area (Å²) in [6, 6.07) is 1.80. The van der Waals surface area contributed by atoms with Gasteiger partial charge in [0.2, 0.25) is 0 Å². The number of aromatic nitrogens is 2. The van der Waals surface area contributed by atoms with Crippen LogP contribution < -0.4 is 0 Å². The highest BCUT2D eigenvalue weighted by Crippen LogP contribution is 2.28. The fourth-order valence-electron chi connectivity index (χ4n) is 2.62. The van der Waals surface area contributed by atoms with Crippen molar-refractivity contribution in [2.75, 3.05) is 0 Å². The number of H-pyrrole nitrogens is 1. The number of Topliss-reactive ketones (excluding diaryl/α,β-unsaturated/α-hetero) is 1. The van der Waals surface area contributed by atoms with Gasteiger partial charge in [0.1, 0.15) is 11.5 Å². The molecule has 3 rings (SSSR count). The number of nitrogens with zero attached hydrogens (tertiary/aromatic N) is 2. The van der Waals surface area contributed by atoms with Crippen molar-refractivity contribution in [3.8, 4) is 0 Å². The van der Waals surface area contributed by atoms with E-state index in [1.165, 1.54) is 18.3 Å². The van der Waals surface area contributed by atoms with Gasteiger partial charge in [0.25, 0.3) is 0 Å². The van der Waals surface area contributed by atoms with Crippen LogP contribution in [0, 0.1) is 0 Å². The van der Waals surface area contributed by atoms with Gasteiger partial charge in [-0.15, -0.1) is 0 Å². The Hall–Kier alpha value is -2.86. The Morgan fingerprint density at radius 1 is 1.58 bits per heavy atom. The van der Waals surface area contributed by atoms with Crippen LogP contribution in [0.5, 0.6) is 0 Å². The molecule has 6 heteroatoms. The number of aliphatic imine (C=N–C) groups is 1. The van der Waals surface area contributed by atoms with Crippen LogP contribution in [0.15, 0.2) is 53.2 Å². The van der Waals surface area contributed by atoms with Gasteiger partial charge in [0.15, 0.2) is 5.78 Å². The van der Waals surface area contributed by atoms with Crippen LogP contribution in [0.3, 0.4) is 0 Å². The molecule has 1 unspecified atom stereocenters. The zero-order valence-electron chi connectivity index (χ0n) is 13.1. The maximum atomic E-state index is 14.0. The minimum absolute atomic E-state index is 0.125. The standard InChI is InChI=1S/C18H16FN3O2/c1-10(7-20-2)11-5-13-15(9-22-18(13)21-8-11)17(24)14-6-12(23)3-4-16(14)19/h4-9,12,23H,2-3H2,1H3,(H,21,22)/b10-7+. The van der Waals surface area contributed by atoms with E-state index in [1.54, 1.807) is 18.5 Å². The maximum Gasteiger partial charge on any atom is 0.197 e. The predicted molar refractivity (Wildman–Crippen MR) is 91.5 cm³/mol. The Morgan fingerprint density at radius 2 is 2.38 bits per heavy atom. The molecule has 1 aliphatic rings. The van der Waals surface area contributed by atoms with E-state index in [0.717, 1.165) is 11.1 Å². The van der Waals surface area contributed by atoms with Gasteiger partial charge in [0.05, 0.1) is 11.7 Å². The van der Waals surface area contributed by atoms with Gasteiger partial charge >= 0.3 is 0 Å². The molecule has 0 spiro atoms. The molecule has 0 saturated carbocycles. The molecule has 122 valence electrons. The number of nitrogens with one attached hydrogen (secondary N) is 1. The first-order valence-electron chi connectivity index (χ1n) is 7.42. The number of hydrogen-bond donors (Lipinski definition) is 2. The second kappa shape index (κ2) is 6.33. The van der Waals surface area contributed by atoms with E-state index in [2.05, 4.69) is 21.7 Å². The van der Waals surface area contributed by atoms with Crippen molar-refractivity contribution in [1.82, 2.24) is 9.97 Å². The summed E-state index contributed by atoms with van der Waals surface area (Å²) in [7, 11) is 0. The number of pyridine rings is 1. The topological polar surface area (TPSA) is 78.3 Å². The van der Waals surface area contributed by atoms with E-state index in [0.29, 0.717) is 16.6 Å². The molecule has 0 saturated heterocycles. The fourth-order valence-corrected chi connectivity index (χ4v) is 2.62. The number of carbonyl (C=O) groups excluding carboxylic acids is 1. The summed E-state index contributed by atoms with van der Waals surface area (Å²) >= 11 is 0. The lowest BCUT2D eigenvalue weighted by Gasteiger charge is -2.12. The van der Waals surface area contributed by atoms with Gasteiger partial charge in [-0.3, -0.25) is 9.79 Å². The lowest BCUT2D eigenvalue weighted by Crippen LogP contribution is -2.13. The normalized spacial score (nSPS) is 18.3. The molecule has 5 nitrogen and oxygen atoms in total. The summed E-state index contributed by atoms with van der Waals surface area (Å²) in [6.07, 6.45) is 6.55. The van der Waals surface area contributed by atoms with Crippen LogP contribution in [0.25, 0.3) is 16.6 Å².